The monoisotopic (exact) mass is 305 g/mol. The zero-order valence-corrected chi connectivity index (χ0v) is 12.1. The number of hydrogen-bond donors (Lipinski definition) is 1. The van der Waals surface area contributed by atoms with E-state index in [1.807, 2.05) is 0 Å². The number of furan rings is 1. The van der Waals surface area contributed by atoms with Crippen LogP contribution in [0, 0.1) is 6.92 Å². The number of benzene rings is 1. The lowest BCUT2D eigenvalue weighted by molar-refractivity contribution is 0.0906. The molecule has 1 amide bonds. The van der Waals surface area contributed by atoms with E-state index in [0.29, 0.717) is 22.3 Å². The minimum absolute atomic E-state index is 0.204. The first-order chi connectivity index (χ1) is 10.0. The number of carbonyl (C=O) groups excluding carboxylic acids is 1. The van der Waals surface area contributed by atoms with E-state index in [4.69, 9.17) is 20.5 Å². The second-order valence-electron chi connectivity index (χ2n) is 4.67. The summed E-state index contributed by atoms with van der Waals surface area (Å²) in [5, 5.41) is 7.79. The van der Waals surface area contributed by atoms with Crippen molar-refractivity contribution in [3.8, 4) is 0 Å². The molecular formula is C14H12ClN3O3. The number of aromatic nitrogens is 2. The highest BCUT2D eigenvalue weighted by molar-refractivity contribution is 6.31. The molecule has 6 nitrogen and oxygen atoms in total. The fraction of sp³-hybridized carbons (Fsp3) is 0.214. The lowest BCUT2D eigenvalue weighted by Gasteiger charge is -2.07. The number of carbonyl (C=O) groups is 1. The first-order valence-corrected chi connectivity index (χ1v) is 6.71. The Bertz CT molecular complexity index is 809. The summed E-state index contributed by atoms with van der Waals surface area (Å²) in [6.07, 6.45) is 0. The third-order valence-electron chi connectivity index (χ3n) is 2.96. The number of nitrogens with one attached hydrogen (secondary N) is 1. The van der Waals surface area contributed by atoms with Gasteiger partial charge in [-0.1, -0.05) is 16.8 Å². The zero-order chi connectivity index (χ0) is 15.0. The SMILES string of the molecule is Cc1noc([C@H](C)NC(=O)c2cc3cc(Cl)ccc3o2)n1. The zero-order valence-electron chi connectivity index (χ0n) is 11.4. The van der Waals surface area contributed by atoms with Gasteiger partial charge in [0.2, 0.25) is 5.89 Å². The maximum Gasteiger partial charge on any atom is 0.287 e. The molecule has 3 aromatic rings. The van der Waals surface area contributed by atoms with E-state index in [9.17, 15) is 4.79 Å². The Morgan fingerprint density at radius 2 is 2.19 bits per heavy atom. The second kappa shape index (κ2) is 5.21. The summed E-state index contributed by atoms with van der Waals surface area (Å²) in [7, 11) is 0. The number of nitrogens with zero attached hydrogens (tertiary/aromatic N) is 2. The Labute approximate surface area is 125 Å². The van der Waals surface area contributed by atoms with Gasteiger partial charge in [-0.15, -0.1) is 0 Å². The molecule has 2 heterocycles. The van der Waals surface area contributed by atoms with Crippen molar-refractivity contribution < 1.29 is 13.7 Å². The summed E-state index contributed by atoms with van der Waals surface area (Å²) in [6.45, 7) is 3.47. The maximum atomic E-state index is 12.2. The van der Waals surface area contributed by atoms with Gasteiger partial charge in [0.15, 0.2) is 11.6 Å². The van der Waals surface area contributed by atoms with Gasteiger partial charge in [0.05, 0.1) is 0 Å². The van der Waals surface area contributed by atoms with Crippen LogP contribution in [-0.4, -0.2) is 16.0 Å². The molecule has 0 aliphatic carbocycles. The highest BCUT2D eigenvalue weighted by Crippen LogP contribution is 2.23. The smallest absolute Gasteiger partial charge is 0.287 e. The predicted octanol–water partition coefficient (Wildman–Crippen LogP) is 3.27. The summed E-state index contributed by atoms with van der Waals surface area (Å²) >= 11 is 5.90. The van der Waals surface area contributed by atoms with Crippen molar-refractivity contribution in [1.29, 1.82) is 0 Å². The highest BCUT2D eigenvalue weighted by Gasteiger charge is 2.19. The van der Waals surface area contributed by atoms with Crippen LogP contribution in [-0.2, 0) is 0 Å². The van der Waals surface area contributed by atoms with Gasteiger partial charge in [-0.2, -0.15) is 4.98 Å². The van der Waals surface area contributed by atoms with Crippen LogP contribution in [0.3, 0.4) is 0 Å². The fourth-order valence-electron chi connectivity index (χ4n) is 1.94. The third-order valence-corrected chi connectivity index (χ3v) is 3.20. The van der Waals surface area contributed by atoms with Crippen molar-refractivity contribution in [2.45, 2.75) is 19.9 Å². The normalized spacial score (nSPS) is 12.5. The van der Waals surface area contributed by atoms with Gasteiger partial charge in [-0.05, 0) is 38.1 Å². The van der Waals surface area contributed by atoms with Gasteiger partial charge in [0.25, 0.3) is 5.91 Å². The van der Waals surface area contributed by atoms with Crippen LogP contribution in [0.1, 0.15) is 35.2 Å². The lowest BCUT2D eigenvalue weighted by Crippen LogP contribution is -2.26. The molecule has 3 rings (SSSR count). The van der Waals surface area contributed by atoms with Gasteiger partial charge in [-0.25, -0.2) is 0 Å². The van der Waals surface area contributed by atoms with E-state index in [-0.39, 0.29) is 11.7 Å². The van der Waals surface area contributed by atoms with Gasteiger partial charge in [0, 0.05) is 10.4 Å². The fourth-order valence-corrected chi connectivity index (χ4v) is 2.13. The molecule has 21 heavy (non-hydrogen) atoms. The number of rotatable bonds is 3. The molecule has 0 aliphatic heterocycles. The molecule has 0 bridgehead atoms. The molecule has 0 saturated carbocycles. The van der Waals surface area contributed by atoms with E-state index in [2.05, 4.69) is 15.5 Å². The maximum absolute atomic E-state index is 12.2. The molecule has 7 heteroatoms. The Balaban J connectivity index is 1.80. The van der Waals surface area contributed by atoms with Crippen molar-refractivity contribution in [2.24, 2.45) is 0 Å². The van der Waals surface area contributed by atoms with Gasteiger partial charge in [-0.3, -0.25) is 4.79 Å². The van der Waals surface area contributed by atoms with Gasteiger partial charge < -0.3 is 14.3 Å². The van der Waals surface area contributed by atoms with E-state index < -0.39 is 6.04 Å². The molecule has 108 valence electrons. The second-order valence-corrected chi connectivity index (χ2v) is 5.10. The Morgan fingerprint density at radius 3 is 2.90 bits per heavy atom. The molecule has 0 spiro atoms. The first kappa shape index (κ1) is 13.6. The van der Waals surface area contributed by atoms with Crippen molar-refractivity contribution in [1.82, 2.24) is 15.5 Å². The molecule has 0 aliphatic rings. The van der Waals surface area contributed by atoms with E-state index in [1.165, 1.54) is 0 Å². The standard InChI is InChI=1S/C14H12ClN3O3/c1-7(14-17-8(2)18-21-14)16-13(19)12-6-9-5-10(15)3-4-11(9)20-12/h3-7H,1-2H3,(H,16,19)/t7-/m0/s1. The van der Waals surface area contributed by atoms with Crippen molar-refractivity contribution in [3.05, 3.63) is 46.8 Å². The number of aryl methyl sites for hydroxylation is 1. The van der Waals surface area contributed by atoms with Crippen LogP contribution in [0.5, 0.6) is 0 Å². The minimum Gasteiger partial charge on any atom is -0.451 e. The largest absolute Gasteiger partial charge is 0.451 e. The summed E-state index contributed by atoms with van der Waals surface area (Å²) in [4.78, 5) is 16.2. The van der Waals surface area contributed by atoms with Crippen molar-refractivity contribution in [3.63, 3.8) is 0 Å². The number of fused-ring (bicyclic) bond motifs is 1. The van der Waals surface area contributed by atoms with Crippen LogP contribution in [0.25, 0.3) is 11.0 Å². The molecule has 0 radical (unpaired) electrons. The molecule has 0 fully saturated rings. The van der Waals surface area contributed by atoms with Crippen LogP contribution in [0.15, 0.2) is 33.2 Å². The Hall–Kier alpha value is -2.34. The Morgan fingerprint density at radius 1 is 1.38 bits per heavy atom. The van der Waals surface area contributed by atoms with Crippen LogP contribution in [0.2, 0.25) is 5.02 Å². The van der Waals surface area contributed by atoms with E-state index >= 15 is 0 Å². The van der Waals surface area contributed by atoms with Crippen LogP contribution in [0.4, 0.5) is 0 Å². The minimum atomic E-state index is -0.407. The number of halogens is 1. The summed E-state index contributed by atoms with van der Waals surface area (Å²) in [5.41, 5.74) is 0.603. The third kappa shape index (κ3) is 2.75. The molecule has 1 N–H and O–H groups in total. The quantitative estimate of drug-likeness (QED) is 0.803. The van der Waals surface area contributed by atoms with E-state index in [0.717, 1.165) is 5.39 Å². The molecular weight excluding hydrogens is 294 g/mol. The molecule has 1 atom stereocenters. The van der Waals surface area contributed by atoms with E-state index in [1.54, 1.807) is 38.1 Å². The van der Waals surface area contributed by atoms with Gasteiger partial charge >= 0.3 is 0 Å². The first-order valence-electron chi connectivity index (χ1n) is 6.33. The average molecular weight is 306 g/mol. The van der Waals surface area contributed by atoms with Gasteiger partial charge in [0.1, 0.15) is 11.6 Å². The number of amides is 1. The summed E-state index contributed by atoms with van der Waals surface area (Å²) in [5.74, 6) is 0.713. The molecule has 2 aromatic heterocycles. The molecule has 0 unspecified atom stereocenters. The number of hydrogen-bond acceptors (Lipinski definition) is 5. The lowest BCUT2D eigenvalue weighted by atomic mass is 10.2. The predicted molar refractivity (Wildman–Crippen MR) is 76.1 cm³/mol. The Kier molecular flexibility index (Phi) is 3.39. The molecule has 1 aromatic carbocycles. The van der Waals surface area contributed by atoms with Crippen LogP contribution < -0.4 is 5.32 Å². The summed E-state index contributed by atoms with van der Waals surface area (Å²) < 4.78 is 10.5. The average Bonchev–Trinajstić information content (AvgIpc) is 3.04. The topological polar surface area (TPSA) is 81.2 Å². The van der Waals surface area contributed by atoms with Crippen LogP contribution >= 0.6 is 11.6 Å². The highest BCUT2D eigenvalue weighted by atomic mass is 35.5. The molecule has 0 saturated heterocycles. The van der Waals surface area contributed by atoms with Crippen molar-refractivity contribution >= 4 is 28.5 Å². The van der Waals surface area contributed by atoms with Crippen molar-refractivity contribution in [2.75, 3.05) is 0 Å². The summed E-state index contributed by atoms with van der Waals surface area (Å²) in [6, 6.07) is 6.40.